The predicted octanol–water partition coefficient (Wildman–Crippen LogP) is 1.59. The maximum atomic E-state index is 5.56. The smallest absolute Gasteiger partial charge is 0.134 e. The largest absolute Gasteiger partial charge is 0.466 e. The molecule has 1 aliphatic heterocycles. The molecule has 3 heteroatoms. The molecule has 0 radical (unpaired) electrons. The van der Waals surface area contributed by atoms with Crippen LogP contribution in [0.5, 0.6) is 0 Å². The highest BCUT2D eigenvalue weighted by Crippen LogP contribution is 2.23. The number of ether oxygens (including phenoxy) is 1. The lowest BCUT2D eigenvalue weighted by Gasteiger charge is -2.05. The molecule has 1 N–H and O–H groups in total. The van der Waals surface area contributed by atoms with Gasteiger partial charge in [0.2, 0.25) is 0 Å². The summed E-state index contributed by atoms with van der Waals surface area (Å²) in [6.07, 6.45) is 1.98. The summed E-state index contributed by atoms with van der Waals surface area (Å²) in [7, 11) is 0. The molecule has 1 fully saturated rings. The van der Waals surface area contributed by atoms with Crippen LogP contribution < -0.4 is 5.32 Å². The van der Waals surface area contributed by atoms with E-state index in [4.69, 9.17) is 9.15 Å². The molecular formula is C9H13NO2. The lowest BCUT2D eigenvalue weighted by Crippen LogP contribution is -2.17. The van der Waals surface area contributed by atoms with Crippen LogP contribution in [0.1, 0.15) is 24.4 Å². The van der Waals surface area contributed by atoms with Gasteiger partial charge in [0.05, 0.1) is 6.26 Å². The molecule has 1 aromatic heterocycles. The van der Waals surface area contributed by atoms with Gasteiger partial charge >= 0.3 is 0 Å². The Balaban J connectivity index is 2.11. The van der Waals surface area contributed by atoms with Gasteiger partial charge in [0, 0.05) is 6.54 Å². The van der Waals surface area contributed by atoms with Gasteiger partial charge < -0.3 is 9.15 Å². The number of nitrogens with one attached hydrogen (secondary N) is 1. The van der Waals surface area contributed by atoms with Gasteiger partial charge in [-0.3, -0.25) is 5.32 Å². The number of hydrogen-bond donors (Lipinski definition) is 1. The number of aryl methyl sites for hydroxylation is 1. The molecule has 0 aliphatic carbocycles. The fourth-order valence-electron chi connectivity index (χ4n) is 1.41. The van der Waals surface area contributed by atoms with Gasteiger partial charge in [-0.25, -0.2) is 0 Å². The first-order valence-electron chi connectivity index (χ1n) is 4.19. The van der Waals surface area contributed by atoms with Gasteiger partial charge in [0.25, 0.3) is 0 Å². The zero-order valence-corrected chi connectivity index (χ0v) is 7.33. The van der Waals surface area contributed by atoms with Gasteiger partial charge in [0.1, 0.15) is 18.1 Å². The minimum atomic E-state index is 0.0914. The van der Waals surface area contributed by atoms with E-state index in [1.54, 1.807) is 6.26 Å². The van der Waals surface area contributed by atoms with Crippen molar-refractivity contribution in [1.82, 2.24) is 5.32 Å². The molecule has 1 saturated heterocycles. The van der Waals surface area contributed by atoms with E-state index in [0.717, 1.165) is 17.9 Å². The van der Waals surface area contributed by atoms with E-state index in [9.17, 15) is 0 Å². The minimum absolute atomic E-state index is 0.0914. The second-order valence-corrected chi connectivity index (χ2v) is 3.20. The van der Waals surface area contributed by atoms with E-state index in [-0.39, 0.29) is 12.3 Å². The maximum absolute atomic E-state index is 5.56. The van der Waals surface area contributed by atoms with Crippen LogP contribution in [-0.4, -0.2) is 12.8 Å². The molecule has 12 heavy (non-hydrogen) atoms. The fourth-order valence-corrected chi connectivity index (χ4v) is 1.41. The van der Waals surface area contributed by atoms with E-state index in [0.29, 0.717) is 0 Å². The third kappa shape index (κ3) is 1.38. The number of furan rings is 1. The van der Waals surface area contributed by atoms with E-state index in [2.05, 4.69) is 5.32 Å². The fraction of sp³-hybridized carbons (Fsp3) is 0.556. The molecule has 1 aromatic rings. The quantitative estimate of drug-likeness (QED) is 0.689. The van der Waals surface area contributed by atoms with E-state index in [1.807, 2.05) is 19.9 Å². The van der Waals surface area contributed by atoms with Crippen LogP contribution >= 0.6 is 0 Å². The highest BCUT2D eigenvalue weighted by atomic mass is 16.5. The van der Waals surface area contributed by atoms with Crippen LogP contribution in [0.2, 0.25) is 0 Å². The molecule has 0 amide bonds. The SMILES string of the molecule is Cc1coc(C2CNC(C)O2)c1. The van der Waals surface area contributed by atoms with Crippen LogP contribution in [0, 0.1) is 6.92 Å². The molecule has 0 spiro atoms. The zero-order chi connectivity index (χ0) is 8.55. The highest BCUT2D eigenvalue weighted by Gasteiger charge is 2.24. The molecule has 0 aromatic carbocycles. The molecule has 0 bridgehead atoms. The topological polar surface area (TPSA) is 34.4 Å². The molecule has 2 atom stereocenters. The summed E-state index contributed by atoms with van der Waals surface area (Å²) in [5.74, 6) is 0.921. The van der Waals surface area contributed by atoms with Gasteiger partial charge in [-0.15, -0.1) is 0 Å². The summed E-state index contributed by atoms with van der Waals surface area (Å²) in [5, 5.41) is 3.20. The Morgan fingerprint density at radius 2 is 2.42 bits per heavy atom. The summed E-state index contributed by atoms with van der Waals surface area (Å²) in [6.45, 7) is 4.85. The molecule has 0 saturated carbocycles. The highest BCUT2D eigenvalue weighted by molar-refractivity contribution is 5.13. The zero-order valence-electron chi connectivity index (χ0n) is 7.33. The lowest BCUT2D eigenvalue weighted by atomic mass is 10.2. The van der Waals surface area contributed by atoms with Crippen molar-refractivity contribution in [2.24, 2.45) is 0 Å². The lowest BCUT2D eigenvalue weighted by molar-refractivity contribution is 0.0408. The van der Waals surface area contributed by atoms with Crippen molar-refractivity contribution < 1.29 is 9.15 Å². The maximum Gasteiger partial charge on any atom is 0.134 e. The van der Waals surface area contributed by atoms with Gasteiger partial charge in [-0.1, -0.05) is 0 Å². The first-order chi connectivity index (χ1) is 5.75. The summed E-state index contributed by atoms with van der Waals surface area (Å²) >= 11 is 0. The van der Waals surface area contributed by atoms with Crippen molar-refractivity contribution >= 4 is 0 Å². The Labute approximate surface area is 71.7 Å². The van der Waals surface area contributed by atoms with E-state index < -0.39 is 0 Å². The molecule has 2 heterocycles. The summed E-state index contributed by atoms with van der Waals surface area (Å²) in [5.41, 5.74) is 1.15. The van der Waals surface area contributed by atoms with Crippen molar-refractivity contribution in [3.8, 4) is 0 Å². The Morgan fingerprint density at radius 1 is 1.58 bits per heavy atom. The average molecular weight is 167 g/mol. The number of rotatable bonds is 1. The van der Waals surface area contributed by atoms with Crippen LogP contribution in [0.15, 0.2) is 16.7 Å². The third-order valence-corrected chi connectivity index (χ3v) is 2.03. The molecule has 2 rings (SSSR count). The Hall–Kier alpha value is -0.800. The van der Waals surface area contributed by atoms with Crippen molar-refractivity contribution in [3.05, 3.63) is 23.7 Å². The molecule has 1 aliphatic rings. The van der Waals surface area contributed by atoms with Crippen molar-refractivity contribution in [2.45, 2.75) is 26.2 Å². The van der Waals surface area contributed by atoms with Crippen molar-refractivity contribution in [1.29, 1.82) is 0 Å². The van der Waals surface area contributed by atoms with Crippen LogP contribution in [0.4, 0.5) is 0 Å². The summed E-state index contributed by atoms with van der Waals surface area (Å²) in [4.78, 5) is 0. The first kappa shape index (κ1) is 7.83. The normalized spacial score (nSPS) is 29.5. The Morgan fingerprint density at radius 3 is 2.92 bits per heavy atom. The molecule has 2 unspecified atom stereocenters. The number of hydrogen-bond acceptors (Lipinski definition) is 3. The second kappa shape index (κ2) is 2.92. The van der Waals surface area contributed by atoms with Crippen LogP contribution in [0.3, 0.4) is 0 Å². The van der Waals surface area contributed by atoms with Gasteiger partial charge in [-0.05, 0) is 25.5 Å². The Kier molecular flexibility index (Phi) is 1.90. The Bertz CT molecular complexity index is 269. The van der Waals surface area contributed by atoms with Crippen LogP contribution in [0.25, 0.3) is 0 Å². The summed E-state index contributed by atoms with van der Waals surface area (Å²) < 4.78 is 10.9. The van der Waals surface area contributed by atoms with Crippen LogP contribution in [-0.2, 0) is 4.74 Å². The minimum Gasteiger partial charge on any atom is -0.466 e. The van der Waals surface area contributed by atoms with E-state index >= 15 is 0 Å². The second-order valence-electron chi connectivity index (χ2n) is 3.20. The third-order valence-electron chi connectivity index (χ3n) is 2.03. The standard InChI is InChI=1S/C9H13NO2/c1-6-3-8(11-5-6)9-4-10-7(2)12-9/h3,5,7,9-10H,4H2,1-2H3. The van der Waals surface area contributed by atoms with Gasteiger partial charge in [0.15, 0.2) is 0 Å². The molecular weight excluding hydrogens is 154 g/mol. The summed E-state index contributed by atoms with van der Waals surface area (Å²) in [6, 6.07) is 2.02. The monoisotopic (exact) mass is 167 g/mol. The average Bonchev–Trinajstić information content (AvgIpc) is 2.58. The first-order valence-corrected chi connectivity index (χ1v) is 4.19. The predicted molar refractivity (Wildman–Crippen MR) is 44.7 cm³/mol. The van der Waals surface area contributed by atoms with Crippen molar-refractivity contribution in [3.63, 3.8) is 0 Å². The van der Waals surface area contributed by atoms with Gasteiger partial charge in [-0.2, -0.15) is 0 Å². The molecule has 3 nitrogen and oxygen atoms in total. The van der Waals surface area contributed by atoms with E-state index in [1.165, 1.54) is 0 Å². The van der Waals surface area contributed by atoms with Crippen molar-refractivity contribution in [2.75, 3.05) is 6.54 Å². The molecule has 66 valence electrons.